The minimum Gasteiger partial charge on any atom is -0.465 e. The maximum Gasteiger partial charge on any atom is 0.337 e. The number of rotatable bonds is 4. The van der Waals surface area contributed by atoms with Crippen molar-refractivity contribution in [3.8, 4) is 0 Å². The standard InChI is InChI=1S/C14H20N2O4S.ClH/c1-10-4-5-11(14(17)20-3)8-13(10)21(18,19)16-7-6-12(9-16)15-2;/h4-5,8,12,15H,6-7,9H2,1-3H3;1H. The normalized spacial score (nSPS) is 18.8. The quantitative estimate of drug-likeness (QED) is 0.827. The zero-order valence-corrected chi connectivity index (χ0v) is 14.5. The molecule has 22 heavy (non-hydrogen) atoms. The van der Waals surface area contributed by atoms with Crippen molar-refractivity contribution in [1.29, 1.82) is 0 Å². The number of halogens is 1. The van der Waals surface area contributed by atoms with Gasteiger partial charge >= 0.3 is 5.97 Å². The fraction of sp³-hybridized carbons (Fsp3) is 0.500. The molecule has 8 heteroatoms. The first-order chi connectivity index (χ1) is 9.90. The lowest BCUT2D eigenvalue weighted by atomic mass is 10.1. The number of ether oxygens (including phenoxy) is 1. The van der Waals surface area contributed by atoms with Crippen LogP contribution in [-0.2, 0) is 14.8 Å². The second-order valence-electron chi connectivity index (χ2n) is 5.11. The van der Waals surface area contributed by atoms with Gasteiger partial charge in [-0.05, 0) is 38.1 Å². The van der Waals surface area contributed by atoms with Gasteiger partial charge in [0.05, 0.1) is 17.6 Å². The van der Waals surface area contributed by atoms with Gasteiger partial charge in [0.15, 0.2) is 0 Å². The highest BCUT2D eigenvalue weighted by atomic mass is 35.5. The molecule has 0 radical (unpaired) electrons. The predicted octanol–water partition coefficient (Wildman–Crippen LogP) is 1.19. The van der Waals surface area contributed by atoms with E-state index >= 15 is 0 Å². The summed E-state index contributed by atoms with van der Waals surface area (Å²) in [5.41, 5.74) is 0.863. The number of nitrogens with zero attached hydrogens (tertiary/aromatic N) is 1. The van der Waals surface area contributed by atoms with Crippen LogP contribution in [0.25, 0.3) is 0 Å². The first-order valence-corrected chi connectivity index (χ1v) is 8.20. The Morgan fingerprint density at radius 2 is 2.09 bits per heavy atom. The second kappa shape index (κ2) is 7.41. The molecule has 0 aliphatic carbocycles. The van der Waals surface area contributed by atoms with Crippen molar-refractivity contribution in [1.82, 2.24) is 9.62 Å². The van der Waals surface area contributed by atoms with Gasteiger partial charge in [0.1, 0.15) is 0 Å². The Balaban J connectivity index is 0.00000242. The monoisotopic (exact) mass is 348 g/mol. The van der Waals surface area contributed by atoms with E-state index in [4.69, 9.17) is 0 Å². The van der Waals surface area contributed by atoms with Crippen LogP contribution in [0.1, 0.15) is 22.3 Å². The molecular weight excluding hydrogens is 328 g/mol. The van der Waals surface area contributed by atoms with E-state index in [0.717, 1.165) is 6.42 Å². The molecule has 0 saturated carbocycles. The zero-order chi connectivity index (χ0) is 15.6. The summed E-state index contributed by atoms with van der Waals surface area (Å²) in [5, 5.41) is 3.09. The summed E-state index contributed by atoms with van der Waals surface area (Å²) in [6.07, 6.45) is 0.783. The van der Waals surface area contributed by atoms with Gasteiger partial charge in [0.2, 0.25) is 10.0 Å². The fourth-order valence-corrected chi connectivity index (χ4v) is 4.20. The molecule has 1 aliphatic heterocycles. The van der Waals surface area contributed by atoms with Crippen LogP contribution < -0.4 is 5.32 Å². The molecule has 1 N–H and O–H groups in total. The summed E-state index contributed by atoms with van der Waals surface area (Å²) in [7, 11) is -0.496. The van der Waals surface area contributed by atoms with Gasteiger partial charge < -0.3 is 10.1 Å². The number of nitrogens with one attached hydrogen (secondary N) is 1. The van der Waals surface area contributed by atoms with E-state index in [-0.39, 0.29) is 28.9 Å². The van der Waals surface area contributed by atoms with Crippen molar-refractivity contribution in [2.45, 2.75) is 24.3 Å². The zero-order valence-electron chi connectivity index (χ0n) is 12.8. The van der Waals surface area contributed by atoms with Crippen molar-refractivity contribution >= 4 is 28.4 Å². The Morgan fingerprint density at radius 1 is 1.41 bits per heavy atom. The van der Waals surface area contributed by atoms with Crippen LogP contribution in [-0.4, -0.2) is 52.0 Å². The summed E-state index contributed by atoms with van der Waals surface area (Å²) in [6, 6.07) is 4.76. The van der Waals surface area contributed by atoms with E-state index in [1.165, 1.54) is 17.5 Å². The van der Waals surface area contributed by atoms with Crippen LogP contribution in [0.3, 0.4) is 0 Å². The average molecular weight is 349 g/mol. The van der Waals surface area contributed by atoms with Crippen LogP contribution >= 0.6 is 12.4 Å². The maximum absolute atomic E-state index is 12.7. The molecule has 0 amide bonds. The highest BCUT2D eigenvalue weighted by Crippen LogP contribution is 2.25. The summed E-state index contributed by atoms with van der Waals surface area (Å²) >= 11 is 0. The van der Waals surface area contributed by atoms with Gasteiger partial charge in [0, 0.05) is 19.1 Å². The Kier molecular flexibility index (Phi) is 6.37. The Bertz CT molecular complexity index is 648. The third kappa shape index (κ3) is 3.60. The molecule has 124 valence electrons. The predicted molar refractivity (Wildman–Crippen MR) is 86.0 cm³/mol. The molecule has 1 heterocycles. The number of esters is 1. The second-order valence-corrected chi connectivity index (χ2v) is 7.02. The Morgan fingerprint density at radius 3 is 2.64 bits per heavy atom. The summed E-state index contributed by atoms with van der Waals surface area (Å²) in [5.74, 6) is -0.541. The molecule has 2 rings (SSSR count). The number of hydrogen-bond donors (Lipinski definition) is 1. The van der Waals surface area contributed by atoms with Gasteiger partial charge in [-0.3, -0.25) is 0 Å². The lowest BCUT2D eigenvalue weighted by Crippen LogP contribution is -2.33. The minimum atomic E-state index is -3.59. The molecule has 1 unspecified atom stereocenters. The molecule has 6 nitrogen and oxygen atoms in total. The van der Waals surface area contributed by atoms with Crippen LogP contribution in [0.15, 0.2) is 23.1 Å². The van der Waals surface area contributed by atoms with Gasteiger partial charge in [-0.15, -0.1) is 12.4 Å². The van der Waals surface area contributed by atoms with Gasteiger partial charge in [-0.25, -0.2) is 13.2 Å². The van der Waals surface area contributed by atoms with Crippen molar-refractivity contribution < 1.29 is 17.9 Å². The summed E-state index contributed by atoms with van der Waals surface area (Å²) < 4.78 is 31.6. The summed E-state index contributed by atoms with van der Waals surface area (Å²) in [6.45, 7) is 2.65. The highest BCUT2D eigenvalue weighted by Gasteiger charge is 2.33. The smallest absolute Gasteiger partial charge is 0.337 e. The van der Waals surface area contributed by atoms with Crippen molar-refractivity contribution in [3.05, 3.63) is 29.3 Å². The third-order valence-corrected chi connectivity index (χ3v) is 5.79. The Hall–Kier alpha value is -1.15. The first kappa shape index (κ1) is 18.9. The summed E-state index contributed by atoms with van der Waals surface area (Å²) in [4.78, 5) is 11.8. The Labute approximate surface area is 137 Å². The topological polar surface area (TPSA) is 75.7 Å². The fourth-order valence-electron chi connectivity index (χ4n) is 2.44. The van der Waals surface area contributed by atoms with E-state index in [1.54, 1.807) is 19.1 Å². The molecular formula is C14H21ClN2O4S. The van der Waals surface area contributed by atoms with Crippen molar-refractivity contribution in [2.24, 2.45) is 0 Å². The molecule has 1 aliphatic rings. The SMILES string of the molecule is CNC1CCN(S(=O)(=O)c2cc(C(=O)OC)ccc2C)C1.Cl. The molecule has 1 atom stereocenters. The number of hydrogen-bond acceptors (Lipinski definition) is 5. The van der Waals surface area contributed by atoms with Crippen LogP contribution in [0, 0.1) is 6.92 Å². The minimum absolute atomic E-state index is 0. The van der Waals surface area contributed by atoms with Crippen molar-refractivity contribution in [2.75, 3.05) is 27.2 Å². The lowest BCUT2D eigenvalue weighted by molar-refractivity contribution is 0.0600. The third-order valence-electron chi connectivity index (χ3n) is 3.79. The largest absolute Gasteiger partial charge is 0.465 e. The number of carbonyl (C=O) groups is 1. The lowest BCUT2D eigenvalue weighted by Gasteiger charge is -2.18. The molecule has 1 aromatic rings. The van der Waals surface area contributed by atoms with E-state index in [1.807, 2.05) is 7.05 Å². The van der Waals surface area contributed by atoms with E-state index in [9.17, 15) is 13.2 Å². The van der Waals surface area contributed by atoms with Gasteiger partial charge in [-0.1, -0.05) is 6.07 Å². The van der Waals surface area contributed by atoms with Crippen molar-refractivity contribution in [3.63, 3.8) is 0 Å². The molecule has 0 aromatic heterocycles. The average Bonchev–Trinajstić information content (AvgIpc) is 2.96. The number of carbonyl (C=O) groups excluding carboxylic acids is 1. The van der Waals surface area contributed by atoms with Crippen LogP contribution in [0.5, 0.6) is 0 Å². The van der Waals surface area contributed by atoms with E-state index < -0.39 is 16.0 Å². The van der Waals surface area contributed by atoms with E-state index in [2.05, 4.69) is 10.1 Å². The highest BCUT2D eigenvalue weighted by molar-refractivity contribution is 7.89. The first-order valence-electron chi connectivity index (χ1n) is 6.76. The number of methoxy groups -OCH3 is 1. The van der Waals surface area contributed by atoms with Gasteiger partial charge in [0.25, 0.3) is 0 Å². The molecule has 1 fully saturated rings. The van der Waals surface area contributed by atoms with E-state index in [0.29, 0.717) is 18.7 Å². The maximum atomic E-state index is 12.7. The van der Waals surface area contributed by atoms with Gasteiger partial charge in [-0.2, -0.15) is 4.31 Å². The molecule has 0 bridgehead atoms. The molecule has 1 aromatic carbocycles. The van der Waals surface area contributed by atoms with Crippen LogP contribution in [0.2, 0.25) is 0 Å². The number of sulfonamides is 1. The molecule has 1 saturated heterocycles. The number of benzene rings is 1. The number of aryl methyl sites for hydroxylation is 1. The van der Waals surface area contributed by atoms with Crippen LogP contribution in [0.4, 0.5) is 0 Å². The number of likely N-dealkylation sites (N-methyl/N-ethyl adjacent to an activating group) is 1. The molecule has 0 spiro atoms.